The maximum Gasteiger partial charge on any atom is 0.251 e. The normalized spacial score (nSPS) is 19.7. The van der Waals surface area contributed by atoms with Gasteiger partial charge in [0.2, 0.25) is 17.8 Å². The van der Waals surface area contributed by atoms with Crippen molar-refractivity contribution in [3.8, 4) is 5.75 Å². The summed E-state index contributed by atoms with van der Waals surface area (Å²) >= 11 is 6.49. The summed E-state index contributed by atoms with van der Waals surface area (Å²) in [6.07, 6.45) is 6.62. The first-order chi connectivity index (χ1) is 30.4. The Morgan fingerprint density at radius 3 is 2.22 bits per heavy atom. The summed E-state index contributed by atoms with van der Waals surface area (Å²) in [6.45, 7) is 13.0. The van der Waals surface area contributed by atoms with E-state index in [-0.39, 0.29) is 18.2 Å². The van der Waals surface area contributed by atoms with Crippen LogP contribution >= 0.6 is 18.7 Å². The maximum absolute atomic E-state index is 12.9. The van der Waals surface area contributed by atoms with Gasteiger partial charge in [0.15, 0.2) is 5.82 Å². The van der Waals surface area contributed by atoms with Gasteiger partial charge in [0.1, 0.15) is 24.0 Å². The van der Waals surface area contributed by atoms with Crippen LogP contribution in [0.4, 0.5) is 34.5 Å². The van der Waals surface area contributed by atoms with Gasteiger partial charge >= 0.3 is 0 Å². The third-order valence-corrected chi connectivity index (χ3v) is 14.7. The highest BCUT2D eigenvalue weighted by atomic mass is 35.5. The number of halogens is 1. The van der Waals surface area contributed by atoms with E-state index in [1.54, 1.807) is 26.6 Å². The maximum atomic E-state index is 12.9. The molecule has 8 rings (SSSR count). The average Bonchev–Trinajstić information content (AvgIpc) is 3.29. The number of nitrogens with one attached hydrogen (secondary N) is 4. The van der Waals surface area contributed by atoms with Gasteiger partial charge in [0.05, 0.1) is 24.7 Å². The van der Waals surface area contributed by atoms with Crippen LogP contribution in [0.15, 0.2) is 72.9 Å². The fourth-order valence-electron chi connectivity index (χ4n) is 9.23. The number of hydrogen-bond acceptors (Lipinski definition) is 13. The predicted molar refractivity (Wildman–Crippen MR) is 250 cm³/mol. The average molecular weight is 897 g/mol. The third kappa shape index (κ3) is 10.9. The quantitative estimate of drug-likeness (QED) is 0.0926. The van der Waals surface area contributed by atoms with E-state index >= 15 is 0 Å². The lowest BCUT2D eigenvalue weighted by Gasteiger charge is -2.44. The number of piperidine rings is 3. The fourth-order valence-corrected chi connectivity index (χ4v) is 10.5. The Balaban J connectivity index is 0.763. The van der Waals surface area contributed by atoms with Gasteiger partial charge in [-0.3, -0.25) is 24.6 Å². The molecule has 17 heteroatoms. The number of ether oxygens (including phenoxy) is 1. The second-order valence-corrected chi connectivity index (χ2v) is 21.0. The van der Waals surface area contributed by atoms with Crippen LogP contribution in [0.2, 0.25) is 5.02 Å². The number of carbonyl (C=O) groups excluding carboxylic acids is 3. The molecular formula is C46H58ClN10O5P. The molecule has 334 valence electrons. The van der Waals surface area contributed by atoms with E-state index in [0.29, 0.717) is 52.2 Å². The summed E-state index contributed by atoms with van der Waals surface area (Å²) in [5.74, 6) is 1.08. The first-order valence-corrected chi connectivity index (χ1v) is 25.0. The van der Waals surface area contributed by atoms with Crippen molar-refractivity contribution >= 4 is 76.3 Å². The Morgan fingerprint density at radius 1 is 0.841 bits per heavy atom. The highest BCUT2D eigenvalue weighted by molar-refractivity contribution is 7.70. The molecule has 0 saturated carbocycles. The second kappa shape index (κ2) is 19.7. The van der Waals surface area contributed by atoms with Crippen LogP contribution in [0.1, 0.15) is 48.9 Å². The van der Waals surface area contributed by atoms with Crippen molar-refractivity contribution in [2.24, 2.45) is 5.92 Å². The molecule has 1 atom stereocenters. The Morgan fingerprint density at radius 2 is 1.52 bits per heavy atom. The molecule has 3 aromatic carbocycles. The molecule has 4 aliphatic heterocycles. The lowest BCUT2D eigenvalue weighted by Crippen LogP contribution is -2.54. The van der Waals surface area contributed by atoms with E-state index in [1.165, 1.54) is 0 Å². The van der Waals surface area contributed by atoms with Crippen LogP contribution in [0.5, 0.6) is 5.75 Å². The Labute approximate surface area is 374 Å². The van der Waals surface area contributed by atoms with Crippen molar-refractivity contribution in [1.29, 1.82) is 0 Å². The highest BCUT2D eigenvalue weighted by Crippen LogP contribution is 2.39. The minimum Gasteiger partial charge on any atom is -0.494 e. The van der Waals surface area contributed by atoms with Gasteiger partial charge in [0.25, 0.3) is 5.91 Å². The van der Waals surface area contributed by atoms with E-state index in [4.69, 9.17) is 16.3 Å². The molecule has 1 aromatic heterocycles. The number of anilines is 6. The number of nitrogens with zero attached hydrogens (tertiary/aromatic N) is 6. The van der Waals surface area contributed by atoms with Gasteiger partial charge in [-0.2, -0.15) is 4.98 Å². The molecule has 4 saturated heterocycles. The number of carbonyl (C=O) groups is 3. The summed E-state index contributed by atoms with van der Waals surface area (Å²) in [6, 6.07) is 21.2. The van der Waals surface area contributed by atoms with Crippen molar-refractivity contribution in [1.82, 2.24) is 30.4 Å². The minimum atomic E-state index is -2.54. The summed E-state index contributed by atoms with van der Waals surface area (Å²) in [5.41, 5.74) is 4.17. The number of para-hydroxylation sites is 1. The zero-order valence-corrected chi connectivity index (χ0v) is 38.0. The van der Waals surface area contributed by atoms with Gasteiger partial charge in [-0.15, -0.1) is 0 Å². The fraction of sp³-hybridized carbons (Fsp3) is 0.457. The van der Waals surface area contributed by atoms with Crippen molar-refractivity contribution < 1.29 is 23.7 Å². The van der Waals surface area contributed by atoms with E-state index in [2.05, 4.69) is 63.0 Å². The van der Waals surface area contributed by atoms with Gasteiger partial charge in [-0.25, -0.2) is 4.98 Å². The largest absolute Gasteiger partial charge is 0.494 e. The van der Waals surface area contributed by atoms with Crippen LogP contribution in [0.3, 0.4) is 0 Å². The predicted octanol–water partition coefficient (Wildman–Crippen LogP) is 5.91. The zero-order valence-electron chi connectivity index (χ0n) is 36.3. The summed E-state index contributed by atoms with van der Waals surface area (Å²) in [4.78, 5) is 55.5. The molecule has 0 aliphatic carbocycles. The molecular weight excluding hydrogens is 839 g/mol. The molecule has 4 fully saturated rings. The molecule has 4 aliphatic rings. The number of hydrogen-bond donors (Lipinski definition) is 4. The van der Waals surface area contributed by atoms with Crippen LogP contribution in [-0.4, -0.2) is 129 Å². The zero-order chi connectivity index (χ0) is 44.1. The van der Waals surface area contributed by atoms with E-state index in [1.807, 2.05) is 54.6 Å². The summed E-state index contributed by atoms with van der Waals surface area (Å²) in [7, 11) is -0.877. The molecule has 0 spiro atoms. The van der Waals surface area contributed by atoms with Crippen LogP contribution in [-0.2, 0) is 14.2 Å². The van der Waals surface area contributed by atoms with Gasteiger partial charge in [0, 0.05) is 99.7 Å². The molecule has 4 aromatic rings. The Bertz CT molecular complexity index is 2320. The molecule has 1 unspecified atom stereocenters. The Kier molecular flexibility index (Phi) is 13.9. The van der Waals surface area contributed by atoms with Crippen molar-refractivity contribution in [2.75, 3.05) is 99.8 Å². The van der Waals surface area contributed by atoms with E-state index < -0.39 is 19.1 Å². The number of imide groups is 1. The van der Waals surface area contributed by atoms with E-state index in [0.717, 1.165) is 107 Å². The molecule has 0 bridgehead atoms. The lowest BCUT2D eigenvalue weighted by atomic mass is 9.95. The number of aromatic nitrogens is 2. The molecule has 5 heterocycles. The second-order valence-electron chi connectivity index (χ2n) is 17.4. The Hall–Kier alpha value is -5.21. The summed E-state index contributed by atoms with van der Waals surface area (Å²) in [5, 5.41) is 12.7. The van der Waals surface area contributed by atoms with Crippen LogP contribution in [0, 0.1) is 5.92 Å². The van der Waals surface area contributed by atoms with Crippen molar-refractivity contribution in [2.45, 2.75) is 50.6 Å². The number of piperazine rings is 1. The number of methoxy groups -OCH3 is 1. The highest BCUT2D eigenvalue weighted by Gasteiger charge is 2.31. The number of rotatable bonds is 13. The monoisotopic (exact) mass is 896 g/mol. The third-order valence-electron chi connectivity index (χ3n) is 12.8. The lowest BCUT2D eigenvalue weighted by molar-refractivity contribution is -0.134. The van der Waals surface area contributed by atoms with Gasteiger partial charge in [-0.1, -0.05) is 23.7 Å². The molecule has 63 heavy (non-hydrogen) atoms. The molecule has 4 N–H and O–H groups in total. The van der Waals surface area contributed by atoms with Gasteiger partial charge < -0.3 is 40.0 Å². The van der Waals surface area contributed by atoms with Gasteiger partial charge in [-0.05, 0) is 99.9 Å². The van der Waals surface area contributed by atoms with Crippen LogP contribution < -0.4 is 41.1 Å². The molecule has 0 radical (unpaired) electrons. The first kappa shape index (κ1) is 44.4. The SMILES string of the molecule is COc1cc(N2CCC(N3CCN(CC4CCN(c5ccc(C(=O)NC6CCC(=O)NC6=O)cc5)CC4)CC3)CC2)ccc1Nc1ncc(Cl)c(Nc2ccccc2P(C)(C)=O)n1. The smallest absolute Gasteiger partial charge is 0.251 e. The first-order valence-electron chi connectivity index (χ1n) is 22.0. The number of benzene rings is 3. The minimum absolute atomic E-state index is 0.228. The molecule has 15 nitrogen and oxygen atoms in total. The standard InChI is InChI=1S/C46H58ClN10O5P/c1-62-40-28-35(12-13-37(40)51-46-48-29-36(47)43(53-46)49-38-6-4-5-7-41(38)63(2,3)61)56-22-18-34(19-23-56)57-26-24-54(25-27-57)30-31-16-20-55(21-17-31)33-10-8-32(9-11-33)44(59)50-39-14-15-42(58)52-45(39)60/h4-13,28-29,31,34,39H,14-27,30H2,1-3H3,(H,50,59)(H,52,58,60)(H2,48,49,51,53). The van der Waals surface area contributed by atoms with Crippen molar-refractivity contribution in [3.05, 3.63) is 83.5 Å². The topological polar surface area (TPSA) is 164 Å². The van der Waals surface area contributed by atoms with Crippen LogP contribution in [0.25, 0.3) is 0 Å². The molecule has 3 amide bonds. The summed E-state index contributed by atoms with van der Waals surface area (Å²) < 4.78 is 18.8. The van der Waals surface area contributed by atoms with E-state index in [9.17, 15) is 18.9 Å². The van der Waals surface area contributed by atoms with Crippen molar-refractivity contribution in [3.63, 3.8) is 0 Å². The number of amides is 3.